The topological polar surface area (TPSA) is 37.4 Å². The number of nitrogens with zero attached hydrogens (tertiary/aromatic N) is 1. The Bertz CT molecular complexity index is 1160. The summed E-state index contributed by atoms with van der Waals surface area (Å²) < 4.78 is 0. The minimum Gasteiger partial charge on any atom is -0.272 e. The standard InChI is InChI=1S/C23H17NO2/c1-13(2)24-22(25)20-17-9-5-3-7-14(17)11-16-12-15-8-4-6-10-18(15)21(19(16)20)23(24)26/h3-13H,1-2H3. The summed E-state index contributed by atoms with van der Waals surface area (Å²) in [5, 5.41) is 5.57. The van der Waals surface area contributed by atoms with Gasteiger partial charge in [-0.1, -0.05) is 48.5 Å². The Balaban J connectivity index is 2.09. The number of imide groups is 1. The zero-order chi connectivity index (χ0) is 18.0. The Kier molecular flexibility index (Phi) is 2.99. The fraction of sp³-hybridized carbons (Fsp3) is 0.130. The van der Waals surface area contributed by atoms with Gasteiger partial charge in [0.25, 0.3) is 11.8 Å². The van der Waals surface area contributed by atoms with E-state index in [-0.39, 0.29) is 17.9 Å². The molecule has 0 aromatic heterocycles. The Labute approximate surface area is 150 Å². The summed E-state index contributed by atoms with van der Waals surface area (Å²) in [6.45, 7) is 3.77. The minimum absolute atomic E-state index is 0.198. The van der Waals surface area contributed by atoms with Crippen LogP contribution in [-0.2, 0) is 0 Å². The lowest BCUT2D eigenvalue weighted by Crippen LogP contribution is -2.44. The molecule has 1 aliphatic rings. The highest BCUT2D eigenvalue weighted by atomic mass is 16.2. The van der Waals surface area contributed by atoms with Crippen LogP contribution in [0.3, 0.4) is 0 Å². The second-order valence-electron chi connectivity index (χ2n) is 7.12. The first kappa shape index (κ1) is 15.1. The van der Waals surface area contributed by atoms with Crippen molar-refractivity contribution in [2.75, 3.05) is 0 Å². The van der Waals surface area contributed by atoms with Crippen LogP contribution in [0.25, 0.3) is 32.3 Å². The van der Waals surface area contributed by atoms with E-state index in [4.69, 9.17) is 0 Å². The van der Waals surface area contributed by atoms with Crippen molar-refractivity contribution in [2.24, 2.45) is 0 Å². The SMILES string of the molecule is CC(C)N1C(=O)c2c3ccccc3cc3cc4ccccc4c(c23)C1=O. The average Bonchev–Trinajstić information content (AvgIpc) is 2.63. The molecular formula is C23H17NO2. The number of amides is 2. The predicted molar refractivity (Wildman–Crippen MR) is 105 cm³/mol. The highest BCUT2D eigenvalue weighted by Gasteiger charge is 2.36. The van der Waals surface area contributed by atoms with Crippen LogP contribution in [-0.4, -0.2) is 22.8 Å². The van der Waals surface area contributed by atoms with E-state index >= 15 is 0 Å². The van der Waals surface area contributed by atoms with Crippen molar-refractivity contribution in [3.05, 3.63) is 71.8 Å². The predicted octanol–water partition coefficient (Wildman–Crippen LogP) is 5.15. The molecule has 4 aromatic carbocycles. The van der Waals surface area contributed by atoms with Crippen molar-refractivity contribution < 1.29 is 9.59 Å². The smallest absolute Gasteiger partial charge is 0.262 e. The quantitative estimate of drug-likeness (QED) is 0.355. The molecule has 0 bridgehead atoms. The molecule has 3 heteroatoms. The molecule has 1 heterocycles. The van der Waals surface area contributed by atoms with Gasteiger partial charge in [-0.15, -0.1) is 0 Å². The van der Waals surface area contributed by atoms with Crippen LogP contribution in [0, 0.1) is 0 Å². The van der Waals surface area contributed by atoms with Crippen LogP contribution in [0.5, 0.6) is 0 Å². The highest BCUT2D eigenvalue weighted by Crippen LogP contribution is 2.40. The molecule has 2 amide bonds. The molecule has 0 saturated heterocycles. The van der Waals surface area contributed by atoms with E-state index in [1.54, 1.807) is 0 Å². The Morgan fingerprint density at radius 2 is 1.15 bits per heavy atom. The fourth-order valence-electron chi connectivity index (χ4n) is 4.15. The van der Waals surface area contributed by atoms with Gasteiger partial charge in [-0.2, -0.15) is 0 Å². The molecule has 4 aromatic rings. The van der Waals surface area contributed by atoms with Crippen LogP contribution in [0.1, 0.15) is 34.6 Å². The molecule has 0 spiro atoms. The highest BCUT2D eigenvalue weighted by molar-refractivity contribution is 6.34. The number of carbonyl (C=O) groups excluding carboxylic acids is 2. The van der Waals surface area contributed by atoms with Gasteiger partial charge in [0, 0.05) is 11.4 Å². The number of carbonyl (C=O) groups is 2. The van der Waals surface area contributed by atoms with Gasteiger partial charge in [-0.25, -0.2) is 0 Å². The Morgan fingerprint density at radius 1 is 0.692 bits per heavy atom. The first-order valence-electron chi connectivity index (χ1n) is 8.83. The van der Waals surface area contributed by atoms with Crippen LogP contribution in [0.4, 0.5) is 0 Å². The van der Waals surface area contributed by atoms with Gasteiger partial charge in [-0.3, -0.25) is 14.5 Å². The zero-order valence-electron chi connectivity index (χ0n) is 14.6. The molecule has 0 fully saturated rings. The summed E-state index contributed by atoms with van der Waals surface area (Å²) in [5.74, 6) is -0.399. The van der Waals surface area contributed by atoms with Gasteiger partial charge in [0.1, 0.15) is 0 Å². The van der Waals surface area contributed by atoms with E-state index in [0.717, 1.165) is 32.3 Å². The summed E-state index contributed by atoms with van der Waals surface area (Å²) in [4.78, 5) is 28.0. The van der Waals surface area contributed by atoms with Gasteiger partial charge in [0.2, 0.25) is 0 Å². The van der Waals surface area contributed by atoms with Gasteiger partial charge in [-0.05, 0) is 52.9 Å². The van der Waals surface area contributed by atoms with Crippen molar-refractivity contribution in [1.29, 1.82) is 0 Å². The van der Waals surface area contributed by atoms with Crippen molar-refractivity contribution in [3.63, 3.8) is 0 Å². The fourth-order valence-corrected chi connectivity index (χ4v) is 4.15. The third-order valence-corrected chi connectivity index (χ3v) is 5.25. The second kappa shape index (κ2) is 5.15. The van der Waals surface area contributed by atoms with Gasteiger partial charge in [0.05, 0.1) is 11.1 Å². The number of hydrogen-bond acceptors (Lipinski definition) is 2. The van der Waals surface area contributed by atoms with Crippen LogP contribution >= 0.6 is 0 Å². The normalized spacial score (nSPS) is 14.2. The maximum atomic E-state index is 13.3. The lowest BCUT2D eigenvalue weighted by Gasteiger charge is -2.31. The van der Waals surface area contributed by atoms with Crippen molar-refractivity contribution in [1.82, 2.24) is 4.90 Å². The summed E-state index contributed by atoms with van der Waals surface area (Å²) >= 11 is 0. The van der Waals surface area contributed by atoms with E-state index < -0.39 is 0 Å². The van der Waals surface area contributed by atoms with Crippen molar-refractivity contribution >= 4 is 44.1 Å². The van der Waals surface area contributed by atoms with Crippen LogP contribution in [0.2, 0.25) is 0 Å². The maximum absolute atomic E-state index is 13.3. The average molecular weight is 339 g/mol. The molecule has 0 aliphatic carbocycles. The van der Waals surface area contributed by atoms with E-state index in [9.17, 15) is 9.59 Å². The Morgan fingerprint density at radius 3 is 1.62 bits per heavy atom. The number of benzene rings is 4. The molecule has 126 valence electrons. The summed E-state index contributed by atoms with van der Waals surface area (Å²) in [7, 11) is 0. The molecule has 0 radical (unpaired) electrons. The van der Waals surface area contributed by atoms with Crippen LogP contribution in [0.15, 0.2) is 60.7 Å². The summed E-state index contributed by atoms with van der Waals surface area (Å²) in [6.07, 6.45) is 0. The molecule has 3 nitrogen and oxygen atoms in total. The second-order valence-corrected chi connectivity index (χ2v) is 7.12. The van der Waals surface area contributed by atoms with E-state index in [1.807, 2.05) is 62.4 Å². The number of hydrogen-bond donors (Lipinski definition) is 0. The lowest BCUT2D eigenvalue weighted by molar-refractivity contribution is 0.0566. The van der Waals surface area contributed by atoms with E-state index in [2.05, 4.69) is 12.1 Å². The monoisotopic (exact) mass is 339 g/mol. The molecule has 0 atom stereocenters. The van der Waals surface area contributed by atoms with Gasteiger partial charge in [0.15, 0.2) is 0 Å². The third kappa shape index (κ3) is 1.83. The zero-order valence-corrected chi connectivity index (χ0v) is 14.6. The molecular weight excluding hydrogens is 322 g/mol. The molecule has 0 saturated carbocycles. The first-order valence-corrected chi connectivity index (χ1v) is 8.83. The van der Waals surface area contributed by atoms with E-state index in [1.165, 1.54) is 4.90 Å². The van der Waals surface area contributed by atoms with Gasteiger partial charge < -0.3 is 0 Å². The summed E-state index contributed by atoms with van der Waals surface area (Å²) in [5.41, 5.74) is 1.29. The first-order chi connectivity index (χ1) is 12.6. The molecule has 1 aliphatic heterocycles. The molecule has 0 N–H and O–H groups in total. The molecule has 26 heavy (non-hydrogen) atoms. The Hall–Kier alpha value is -3.20. The minimum atomic E-state index is -0.199. The van der Waals surface area contributed by atoms with Crippen molar-refractivity contribution in [2.45, 2.75) is 19.9 Å². The van der Waals surface area contributed by atoms with E-state index in [0.29, 0.717) is 11.1 Å². The molecule has 0 unspecified atom stereocenters. The van der Waals surface area contributed by atoms with Crippen LogP contribution < -0.4 is 0 Å². The number of rotatable bonds is 1. The largest absolute Gasteiger partial charge is 0.272 e. The maximum Gasteiger partial charge on any atom is 0.262 e. The van der Waals surface area contributed by atoms with Crippen molar-refractivity contribution in [3.8, 4) is 0 Å². The third-order valence-electron chi connectivity index (χ3n) is 5.25. The molecule has 5 rings (SSSR count). The summed E-state index contributed by atoms with van der Waals surface area (Å²) in [6, 6.07) is 19.8. The van der Waals surface area contributed by atoms with Gasteiger partial charge >= 0.3 is 0 Å². The number of fused-ring (bicyclic) bond motifs is 4. The lowest BCUT2D eigenvalue weighted by atomic mass is 9.86.